The highest BCUT2D eigenvalue weighted by molar-refractivity contribution is 5.90. The molecule has 1 heterocycles. The number of nitrogens with zero attached hydrogens (tertiary/aromatic N) is 2. The van der Waals surface area contributed by atoms with Crippen LogP contribution in [0.1, 0.15) is 13.8 Å². The second-order valence-corrected chi connectivity index (χ2v) is 6.84. The van der Waals surface area contributed by atoms with E-state index in [4.69, 9.17) is 5.73 Å². The van der Waals surface area contributed by atoms with Crippen molar-refractivity contribution >= 4 is 40.9 Å². The molecule has 10 nitrogen and oxygen atoms in total. The summed E-state index contributed by atoms with van der Waals surface area (Å²) in [4.78, 5) is 31.5. The van der Waals surface area contributed by atoms with E-state index < -0.39 is 5.82 Å². The Morgan fingerprint density at radius 1 is 0.818 bits per heavy atom. The summed E-state index contributed by atoms with van der Waals surface area (Å²) >= 11 is 0. The summed E-state index contributed by atoms with van der Waals surface area (Å²) in [6, 6.07) is 12.7. The van der Waals surface area contributed by atoms with E-state index in [-0.39, 0.29) is 29.5 Å². The molecule has 0 radical (unpaired) electrons. The average Bonchev–Trinajstić information content (AvgIpc) is 2.78. The standard InChI is InChI=1S/C22H25FN8O2/c1-3-25-21(32)28-15-7-5-13(6-8-15)18-17(23)19(24)31-20(30-18)27-14-9-11-16(12-10-14)29-22(33)26-4-2/h5-12H,3-4H2,1-2H3,(H2,25,28,32)(H2,26,29,33)(H3,24,27,30,31). The first-order valence-electron chi connectivity index (χ1n) is 10.3. The minimum absolute atomic E-state index is 0.0177. The molecule has 3 aromatic rings. The molecule has 1 aromatic heterocycles. The van der Waals surface area contributed by atoms with Crippen LogP contribution in [0.15, 0.2) is 48.5 Å². The molecular formula is C22H25FN8O2. The van der Waals surface area contributed by atoms with Gasteiger partial charge in [-0.2, -0.15) is 4.98 Å². The second-order valence-electron chi connectivity index (χ2n) is 6.84. The number of urea groups is 2. The lowest BCUT2D eigenvalue weighted by atomic mass is 10.1. The van der Waals surface area contributed by atoms with E-state index in [1.54, 1.807) is 48.5 Å². The quantitative estimate of drug-likeness (QED) is 0.321. The molecule has 0 bridgehead atoms. The summed E-state index contributed by atoms with van der Waals surface area (Å²) in [5, 5.41) is 13.6. The molecule has 0 aliphatic heterocycles. The van der Waals surface area contributed by atoms with E-state index >= 15 is 0 Å². The largest absolute Gasteiger partial charge is 0.381 e. The molecule has 0 aliphatic rings. The monoisotopic (exact) mass is 452 g/mol. The van der Waals surface area contributed by atoms with Crippen LogP contribution in [0.5, 0.6) is 0 Å². The molecule has 4 amide bonds. The van der Waals surface area contributed by atoms with Crippen molar-refractivity contribution in [3.05, 3.63) is 54.3 Å². The topological polar surface area (TPSA) is 146 Å². The van der Waals surface area contributed by atoms with Crippen molar-refractivity contribution in [2.24, 2.45) is 0 Å². The van der Waals surface area contributed by atoms with Gasteiger partial charge >= 0.3 is 12.1 Å². The van der Waals surface area contributed by atoms with Crippen molar-refractivity contribution in [3.63, 3.8) is 0 Å². The fourth-order valence-corrected chi connectivity index (χ4v) is 2.86. The number of nitrogens with one attached hydrogen (secondary N) is 5. The summed E-state index contributed by atoms with van der Waals surface area (Å²) in [6.45, 7) is 4.66. The summed E-state index contributed by atoms with van der Waals surface area (Å²) in [5.74, 6) is -0.939. The van der Waals surface area contributed by atoms with Gasteiger partial charge in [-0.25, -0.2) is 19.0 Å². The van der Waals surface area contributed by atoms with Crippen molar-refractivity contribution < 1.29 is 14.0 Å². The predicted molar refractivity (Wildman–Crippen MR) is 127 cm³/mol. The number of halogens is 1. The number of rotatable bonds is 7. The smallest absolute Gasteiger partial charge is 0.319 e. The molecule has 0 saturated heterocycles. The number of aromatic nitrogens is 2. The van der Waals surface area contributed by atoms with Gasteiger partial charge in [0.15, 0.2) is 11.6 Å². The van der Waals surface area contributed by atoms with Gasteiger partial charge in [-0.05, 0) is 50.2 Å². The molecule has 0 unspecified atom stereocenters. The van der Waals surface area contributed by atoms with Crippen LogP contribution in [0.25, 0.3) is 11.3 Å². The Hall–Kier alpha value is -4.41. The predicted octanol–water partition coefficient (Wildman–Crippen LogP) is 3.89. The normalized spacial score (nSPS) is 10.3. The Morgan fingerprint density at radius 3 is 1.82 bits per heavy atom. The zero-order valence-electron chi connectivity index (χ0n) is 18.2. The van der Waals surface area contributed by atoms with Crippen molar-refractivity contribution in [1.29, 1.82) is 0 Å². The Balaban J connectivity index is 1.76. The van der Waals surface area contributed by atoms with Crippen LogP contribution in [0.2, 0.25) is 0 Å². The number of nitrogens with two attached hydrogens (primary N) is 1. The maximum atomic E-state index is 14.7. The van der Waals surface area contributed by atoms with Crippen molar-refractivity contribution in [2.45, 2.75) is 13.8 Å². The summed E-state index contributed by atoms with van der Waals surface area (Å²) in [7, 11) is 0. The van der Waals surface area contributed by atoms with Crippen molar-refractivity contribution in [2.75, 3.05) is 34.8 Å². The first-order chi connectivity index (χ1) is 15.9. The number of carbonyl (C=O) groups is 2. The Bertz CT molecular complexity index is 1120. The van der Waals surface area contributed by atoms with Crippen molar-refractivity contribution in [3.8, 4) is 11.3 Å². The van der Waals surface area contributed by atoms with E-state index in [9.17, 15) is 14.0 Å². The molecule has 3 rings (SSSR count). The number of anilines is 5. The van der Waals surface area contributed by atoms with Crippen LogP contribution in [-0.2, 0) is 0 Å². The molecule has 0 atom stereocenters. The van der Waals surface area contributed by atoms with Gasteiger partial charge in [-0.1, -0.05) is 12.1 Å². The van der Waals surface area contributed by atoms with Crippen LogP contribution in [0, 0.1) is 5.82 Å². The number of benzene rings is 2. The van der Waals surface area contributed by atoms with Gasteiger partial charge in [0.1, 0.15) is 5.69 Å². The lowest BCUT2D eigenvalue weighted by Crippen LogP contribution is -2.28. The van der Waals surface area contributed by atoms with E-state index in [0.717, 1.165) is 0 Å². The fraction of sp³-hybridized carbons (Fsp3) is 0.182. The molecule has 0 aliphatic carbocycles. The third-order valence-electron chi connectivity index (χ3n) is 4.37. The van der Waals surface area contributed by atoms with Gasteiger partial charge in [0.25, 0.3) is 0 Å². The lowest BCUT2D eigenvalue weighted by Gasteiger charge is -2.11. The first-order valence-corrected chi connectivity index (χ1v) is 10.3. The van der Waals surface area contributed by atoms with Crippen LogP contribution >= 0.6 is 0 Å². The van der Waals surface area contributed by atoms with Crippen LogP contribution in [0.3, 0.4) is 0 Å². The lowest BCUT2D eigenvalue weighted by molar-refractivity contribution is 0.251. The summed E-state index contributed by atoms with van der Waals surface area (Å²) in [5.41, 5.74) is 8.02. The van der Waals surface area contributed by atoms with Gasteiger partial charge in [-0.15, -0.1) is 0 Å². The van der Waals surface area contributed by atoms with E-state index in [1.807, 2.05) is 13.8 Å². The fourth-order valence-electron chi connectivity index (χ4n) is 2.86. The van der Waals surface area contributed by atoms with Gasteiger partial charge < -0.3 is 32.3 Å². The zero-order valence-corrected chi connectivity index (χ0v) is 18.2. The third kappa shape index (κ3) is 6.29. The minimum atomic E-state index is -0.744. The van der Waals surface area contributed by atoms with E-state index in [2.05, 4.69) is 36.6 Å². The first kappa shape index (κ1) is 23.3. The highest BCUT2D eigenvalue weighted by Crippen LogP contribution is 2.27. The molecule has 2 aromatic carbocycles. The molecule has 11 heteroatoms. The molecule has 0 spiro atoms. The van der Waals surface area contributed by atoms with Crippen LogP contribution < -0.4 is 32.3 Å². The highest BCUT2D eigenvalue weighted by atomic mass is 19.1. The van der Waals surface area contributed by atoms with E-state index in [0.29, 0.717) is 35.7 Å². The van der Waals surface area contributed by atoms with Crippen LogP contribution in [0.4, 0.5) is 42.8 Å². The minimum Gasteiger partial charge on any atom is -0.381 e. The van der Waals surface area contributed by atoms with Crippen LogP contribution in [-0.4, -0.2) is 35.1 Å². The molecule has 0 saturated carbocycles. The zero-order chi connectivity index (χ0) is 23.8. The van der Waals surface area contributed by atoms with Gasteiger partial charge in [0.05, 0.1) is 0 Å². The van der Waals surface area contributed by atoms with E-state index in [1.165, 1.54) is 0 Å². The Kier molecular flexibility index (Phi) is 7.58. The van der Waals surface area contributed by atoms with Gasteiger partial charge in [-0.3, -0.25) is 0 Å². The summed E-state index contributed by atoms with van der Waals surface area (Å²) < 4.78 is 14.7. The van der Waals surface area contributed by atoms with Crippen molar-refractivity contribution in [1.82, 2.24) is 20.6 Å². The molecule has 33 heavy (non-hydrogen) atoms. The molecular weight excluding hydrogens is 427 g/mol. The number of hydrogen-bond donors (Lipinski definition) is 6. The second kappa shape index (κ2) is 10.8. The number of amides is 4. The summed E-state index contributed by atoms with van der Waals surface area (Å²) in [6.07, 6.45) is 0. The molecule has 7 N–H and O–H groups in total. The third-order valence-corrected chi connectivity index (χ3v) is 4.37. The Labute approximate surface area is 190 Å². The molecule has 0 fully saturated rings. The highest BCUT2D eigenvalue weighted by Gasteiger charge is 2.15. The molecule has 172 valence electrons. The maximum Gasteiger partial charge on any atom is 0.319 e. The Morgan fingerprint density at radius 2 is 1.30 bits per heavy atom. The number of hydrogen-bond acceptors (Lipinski definition) is 6. The number of nitrogen functional groups attached to an aromatic ring is 1. The van der Waals surface area contributed by atoms with Gasteiger partial charge in [0, 0.05) is 35.7 Å². The average molecular weight is 452 g/mol. The van der Waals surface area contributed by atoms with Gasteiger partial charge in [0.2, 0.25) is 5.95 Å². The SMILES string of the molecule is CCNC(=O)Nc1ccc(Nc2nc(N)c(F)c(-c3ccc(NC(=O)NCC)cc3)n2)cc1. The number of carbonyl (C=O) groups excluding carboxylic acids is 2. The maximum absolute atomic E-state index is 14.7.